The van der Waals surface area contributed by atoms with Crippen LogP contribution in [-0.2, 0) is 16.1 Å². The third-order valence-electron chi connectivity index (χ3n) is 4.77. The van der Waals surface area contributed by atoms with Crippen LogP contribution < -0.4 is 0 Å². The number of nitrogens with zero attached hydrogens (tertiary/aromatic N) is 4. The molecular weight excluding hydrogens is 284 g/mol. The molecule has 0 radical (unpaired) electrons. The third kappa shape index (κ3) is 2.87. The number of hydrogen-bond donors (Lipinski definition) is 1. The average Bonchev–Trinajstić information content (AvgIpc) is 3.21. The van der Waals surface area contributed by atoms with Gasteiger partial charge in [-0.05, 0) is 39.0 Å². The zero-order valence-corrected chi connectivity index (χ0v) is 13.1. The molecule has 7 nitrogen and oxygen atoms in total. The molecule has 1 saturated heterocycles. The summed E-state index contributed by atoms with van der Waals surface area (Å²) in [5.74, 6) is 0.0429. The normalized spacial score (nSPS) is 27.5. The summed E-state index contributed by atoms with van der Waals surface area (Å²) >= 11 is 0. The number of carbonyl (C=O) groups excluding carboxylic acids is 1. The van der Waals surface area contributed by atoms with Crippen LogP contribution in [0.4, 0.5) is 0 Å². The van der Waals surface area contributed by atoms with Crippen molar-refractivity contribution in [1.82, 2.24) is 19.9 Å². The maximum atomic E-state index is 12.9. The molecular formula is C15H24N4O3. The van der Waals surface area contributed by atoms with E-state index in [0.717, 1.165) is 25.7 Å². The van der Waals surface area contributed by atoms with Crippen LogP contribution >= 0.6 is 0 Å². The number of ether oxygens (including phenoxy) is 1. The van der Waals surface area contributed by atoms with Gasteiger partial charge in [0.25, 0.3) is 5.91 Å². The summed E-state index contributed by atoms with van der Waals surface area (Å²) < 4.78 is 7.45. The first-order chi connectivity index (χ1) is 10.6. The van der Waals surface area contributed by atoms with E-state index in [0.29, 0.717) is 32.7 Å². The zero-order chi connectivity index (χ0) is 15.6. The molecule has 1 N–H and O–H groups in total. The van der Waals surface area contributed by atoms with Crippen LogP contribution in [0, 0.1) is 0 Å². The molecule has 22 heavy (non-hydrogen) atoms. The van der Waals surface area contributed by atoms with Crippen molar-refractivity contribution >= 4 is 5.91 Å². The van der Waals surface area contributed by atoms with Gasteiger partial charge in [0.15, 0.2) is 0 Å². The van der Waals surface area contributed by atoms with Gasteiger partial charge in [-0.25, -0.2) is 4.68 Å². The van der Waals surface area contributed by atoms with Crippen molar-refractivity contribution in [1.29, 1.82) is 0 Å². The summed E-state index contributed by atoms with van der Waals surface area (Å²) in [5, 5.41) is 18.4. The number of aliphatic hydroxyl groups is 1. The second-order valence-corrected chi connectivity index (χ2v) is 6.44. The Labute approximate surface area is 130 Å². The van der Waals surface area contributed by atoms with E-state index in [2.05, 4.69) is 10.3 Å². The fraction of sp³-hybridized carbons (Fsp3) is 0.800. The first-order valence-corrected chi connectivity index (χ1v) is 8.07. The van der Waals surface area contributed by atoms with E-state index in [1.807, 2.05) is 6.92 Å². The number of hydrogen-bond acceptors (Lipinski definition) is 5. The molecule has 0 bridgehead atoms. The largest absolute Gasteiger partial charge is 0.386 e. The minimum atomic E-state index is -0.935. The summed E-state index contributed by atoms with van der Waals surface area (Å²) in [6.45, 7) is 3.74. The average molecular weight is 308 g/mol. The molecule has 2 fully saturated rings. The molecule has 1 aliphatic carbocycles. The van der Waals surface area contributed by atoms with Gasteiger partial charge in [-0.3, -0.25) is 4.79 Å². The molecule has 2 aliphatic rings. The van der Waals surface area contributed by atoms with Crippen molar-refractivity contribution < 1.29 is 14.6 Å². The van der Waals surface area contributed by atoms with Gasteiger partial charge in [0, 0.05) is 19.3 Å². The predicted molar refractivity (Wildman–Crippen MR) is 79.0 cm³/mol. The molecule has 0 aromatic carbocycles. The topological polar surface area (TPSA) is 80.5 Å². The third-order valence-corrected chi connectivity index (χ3v) is 4.77. The number of likely N-dealkylation sites (tertiary alicyclic amines) is 1. The van der Waals surface area contributed by atoms with Crippen LogP contribution in [0.3, 0.4) is 0 Å². The van der Waals surface area contributed by atoms with Crippen molar-refractivity contribution in [2.45, 2.75) is 56.8 Å². The van der Waals surface area contributed by atoms with E-state index in [4.69, 9.17) is 4.74 Å². The van der Waals surface area contributed by atoms with Gasteiger partial charge < -0.3 is 14.7 Å². The Bertz CT molecular complexity index is 513. The van der Waals surface area contributed by atoms with Gasteiger partial charge in [0.1, 0.15) is 11.2 Å². The minimum absolute atomic E-state index is 0.0429. The van der Waals surface area contributed by atoms with Crippen molar-refractivity contribution in [3.8, 4) is 0 Å². The maximum absolute atomic E-state index is 12.9. The van der Waals surface area contributed by atoms with Crippen LogP contribution in [0.25, 0.3) is 0 Å². The lowest BCUT2D eigenvalue weighted by Crippen LogP contribution is -2.50. The SMILES string of the molecule is CCOC1(C(=O)N2CCC(O)(Cn3ccnn3)C2)CCCC1. The van der Waals surface area contributed by atoms with Crippen molar-refractivity contribution in [2.24, 2.45) is 0 Å². The first-order valence-electron chi connectivity index (χ1n) is 8.07. The van der Waals surface area contributed by atoms with Crippen LogP contribution in [0.5, 0.6) is 0 Å². The van der Waals surface area contributed by atoms with E-state index >= 15 is 0 Å². The minimum Gasteiger partial charge on any atom is -0.386 e. The fourth-order valence-electron chi connectivity index (χ4n) is 3.71. The summed E-state index contributed by atoms with van der Waals surface area (Å²) in [5.41, 5.74) is -1.59. The number of amides is 1. The van der Waals surface area contributed by atoms with Crippen molar-refractivity contribution in [3.05, 3.63) is 12.4 Å². The lowest BCUT2D eigenvalue weighted by atomic mass is 9.99. The molecule has 2 heterocycles. The van der Waals surface area contributed by atoms with E-state index in [1.165, 1.54) is 0 Å². The Hall–Kier alpha value is -1.47. The molecule has 1 atom stereocenters. The molecule has 1 aromatic heterocycles. The molecule has 1 aromatic rings. The summed E-state index contributed by atoms with van der Waals surface area (Å²) in [4.78, 5) is 14.7. The van der Waals surface area contributed by atoms with Crippen LogP contribution in [-0.4, -0.2) is 61.8 Å². The Kier molecular flexibility index (Phi) is 4.18. The Morgan fingerprint density at radius 1 is 1.36 bits per heavy atom. The van der Waals surface area contributed by atoms with Gasteiger partial charge in [-0.15, -0.1) is 5.10 Å². The highest BCUT2D eigenvalue weighted by atomic mass is 16.5. The second kappa shape index (κ2) is 5.96. The summed E-state index contributed by atoms with van der Waals surface area (Å²) in [7, 11) is 0. The highest BCUT2D eigenvalue weighted by molar-refractivity contribution is 5.86. The maximum Gasteiger partial charge on any atom is 0.254 e. The Morgan fingerprint density at radius 3 is 2.77 bits per heavy atom. The monoisotopic (exact) mass is 308 g/mol. The summed E-state index contributed by atoms with van der Waals surface area (Å²) in [6, 6.07) is 0. The fourth-order valence-corrected chi connectivity index (χ4v) is 3.71. The quantitative estimate of drug-likeness (QED) is 0.861. The molecule has 1 amide bonds. The van der Waals surface area contributed by atoms with E-state index in [9.17, 15) is 9.90 Å². The number of β-amino-alcohol motifs (C(OH)–C–C–N with tert-alkyl or cyclic N) is 1. The van der Waals surface area contributed by atoms with Gasteiger partial charge >= 0.3 is 0 Å². The van der Waals surface area contributed by atoms with Gasteiger partial charge in [0.2, 0.25) is 0 Å². The van der Waals surface area contributed by atoms with Crippen LogP contribution in [0.1, 0.15) is 39.0 Å². The molecule has 1 saturated carbocycles. The van der Waals surface area contributed by atoms with Crippen molar-refractivity contribution in [3.63, 3.8) is 0 Å². The Balaban J connectivity index is 1.67. The molecule has 3 rings (SSSR count). The molecule has 0 spiro atoms. The van der Waals surface area contributed by atoms with Gasteiger partial charge in [-0.1, -0.05) is 5.21 Å². The Morgan fingerprint density at radius 2 is 2.14 bits per heavy atom. The van der Waals surface area contributed by atoms with E-state index < -0.39 is 11.2 Å². The smallest absolute Gasteiger partial charge is 0.254 e. The molecule has 1 unspecified atom stereocenters. The lowest BCUT2D eigenvalue weighted by molar-refractivity contribution is -0.157. The number of rotatable bonds is 5. The predicted octanol–water partition coefficient (Wildman–Crippen LogP) is 0.591. The van der Waals surface area contributed by atoms with E-state index in [-0.39, 0.29) is 5.91 Å². The van der Waals surface area contributed by atoms with Crippen LogP contribution in [0.15, 0.2) is 12.4 Å². The standard InChI is InChI=1S/C15H24N4O3/c1-2-22-15(5-3-4-6-15)13(20)18-9-7-14(21,11-18)12-19-10-8-16-17-19/h8,10,21H,2-7,9,11-12H2,1H3. The lowest BCUT2D eigenvalue weighted by Gasteiger charge is -2.32. The highest BCUT2D eigenvalue weighted by Crippen LogP contribution is 2.37. The highest BCUT2D eigenvalue weighted by Gasteiger charge is 2.48. The number of carbonyl (C=O) groups is 1. The molecule has 1 aliphatic heterocycles. The summed E-state index contributed by atoms with van der Waals surface area (Å²) in [6.07, 6.45) is 7.51. The zero-order valence-electron chi connectivity index (χ0n) is 13.1. The first kappa shape index (κ1) is 15.4. The molecule has 7 heteroatoms. The second-order valence-electron chi connectivity index (χ2n) is 6.44. The molecule has 122 valence electrons. The van der Waals surface area contributed by atoms with Crippen molar-refractivity contribution in [2.75, 3.05) is 19.7 Å². The van der Waals surface area contributed by atoms with Crippen LogP contribution in [0.2, 0.25) is 0 Å². The van der Waals surface area contributed by atoms with Gasteiger partial charge in [0.05, 0.1) is 19.3 Å². The van der Waals surface area contributed by atoms with E-state index in [1.54, 1.807) is 22.0 Å². The van der Waals surface area contributed by atoms with Gasteiger partial charge in [-0.2, -0.15) is 0 Å². The number of aromatic nitrogens is 3.